The molecule has 2 N–H and O–H groups in total. The summed E-state index contributed by atoms with van der Waals surface area (Å²) >= 11 is 1.70. The number of aliphatic hydroxyl groups is 1. The quantitative estimate of drug-likeness (QED) is 0.686. The van der Waals surface area contributed by atoms with Crippen molar-refractivity contribution in [2.75, 3.05) is 13.1 Å². The Hall–Kier alpha value is -0.380. The van der Waals surface area contributed by atoms with Gasteiger partial charge < -0.3 is 10.4 Å². The summed E-state index contributed by atoms with van der Waals surface area (Å²) in [5.41, 5.74) is 0.516. The van der Waals surface area contributed by atoms with E-state index in [9.17, 15) is 5.11 Å². The lowest BCUT2D eigenvalue weighted by Crippen LogP contribution is -2.28. The first-order chi connectivity index (χ1) is 5.72. The Kier molecular flexibility index (Phi) is 1.94. The van der Waals surface area contributed by atoms with Gasteiger partial charge in [-0.3, -0.25) is 0 Å². The van der Waals surface area contributed by atoms with E-state index in [1.54, 1.807) is 11.3 Å². The average molecular weight is 183 g/mol. The number of hydrogen-bond acceptors (Lipinski definition) is 3. The van der Waals surface area contributed by atoms with Gasteiger partial charge in [0.25, 0.3) is 0 Å². The Morgan fingerprint density at radius 3 is 3.00 bits per heavy atom. The minimum absolute atomic E-state index is 0.593. The van der Waals surface area contributed by atoms with Crippen LogP contribution >= 0.6 is 11.3 Å². The van der Waals surface area contributed by atoms with Crippen molar-refractivity contribution in [3.8, 4) is 0 Å². The number of hydrogen-bond donors (Lipinski definition) is 2. The number of thiophene rings is 1. The zero-order chi connectivity index (χ0) is 8.60. The van der Waals surface area contributed by atoms with Crippen molar-refractivity contribution in [3.63, 3.8) is 0 Å². The van der Waals surface area contributed by atoms with Crippen molar-refractivity contribution in [2.24, 2.45) is 0 Å². The van der Waals surface area contributed by atoms with Crippen molar-refractivity contribution in [1.29, 1.82) is 0 Å². The molecule has 0 amide bonds. The molecule has 1 saturated heterocycles. The maximum atomic E-state index is 10.2. The van der Waals surface area contributed by atoms with Crippen molar-refractivity contribution in [1.82, 2.24) is 5.32 Å². The molecular weight excluding hydrogens is 170 g/mol. The molecule has 2 nitrogen and oxygen atoms in total. The van der Waals surface area contributed by atoms with Crippen LogP contribution < -0.4 is 5.32 Å². The number of nitrogens with one attached hydrogen (secondary N) is 1. The van der Waals surface area contributed by atoms with Crippen LogP contribution in [0.15, 0.2) is 11.4 Å². The second-order valence-corrected chi connectivity index (χ2v) is 4.47. The third kappa shape index (κ3) is 1.18. The van der Waals surface area contributed by atoms with E-state index in [-0.39, 0.29) is 0 Å². The Morgan fingerprint density at radius 2 is 2.50 bits per heavy atom. The van der Waals surface area contributed by atoms with Crippen molar-refractivity contribution < 1.29 is 5.11 Å². The molecule has 0 saturated carbocycles. The summed E-state index contributed by atoms with van der Waals surface area (Å²) in [6.07, 6.45) is 0.838. The predicted molar refractivity (Wildman–Crippen MR) is 50.4 cm³/mol. The first kappa shape index (κ1) is 8.23. The van der Waals surface area contributed by atoms with E-state index >= 15 is 0 Å². The fourth-order valence-electron chi connectivity index (χ4n) is 1.78. The topological polar surface area (TPSA) is 32.3 Å². The molecular formula is C9H13NOS. The highest BCUT2D eigenvalue weighted by Gasteiger charge is 2.34. The van der Waals surface area contributed by atoms with Gasteiger partial charge in [-0.05, 0) is 36.9 Å². The Morgan fingerprint density at radius 1 is 1.67 bits per heavy atom. The lowest BCUT2D eigenvalue weighted by Gasteiger charge is -2.21. The molecule has 12 heavy (non-hydrogen) atoms. The lowest BCUT2D eigenvalue weighted by molar-refractivity contribution is 0.0586. The van der Waals surface area contributed by atoms with Crippen LogP contribution in [0.3, 0.4) is 0 Å². The summed E-state index contributed by atoms with van der Waals surface area (Å²) < 4.78 is 0. The summed E-state index contributed by atoms with van der Waals surface area (Å²) in [5, 5.41) is 15.4. The maximum absolute atomic E-state index is 10.2. The van der Waals surface area contributed by atoms with E-state index in [0.717, 1.165) is 18.5 Å². The molecule has 1 aromatic rings. The predicted octanol–water partition coefficient (Wildman–Crippen LogP) is 1.24. The van der Waals surface area contributed by atoms with Crippen molar-refractivity contribution >= 4 is 11.3 Å². The van der Waals surface area contributed by atoms with E-state index in [1.165, 1.54) is 4.88 Å². The van der Waals surface area contributed by atoms with Gasteiger partial charge in [0.2, 0.25) is 0 Å². The molecule has 0 aromatic carbocycles. The molecule has 0 aliphatic carbocycles. The molecule has 1 atom stereocenters. The van der Waals surface area contributed by atoms with Crippen LogP contribution in [-0.4, -0.2) is 18.2 Å². The molecule has 0 spiro atoms. The van der Waals surface area contributed by atoms with Gasteiger partial charge in [0.05, 0.1) is 0 Å². The summed E-state index contributed by atoms with van der Waals surface area (Å²) in [4.78, 5) is 1.24. The molecule has 66 valence electrons. The van der Waals surface area contributed by atoms with Gasteiger partial charge in [-0.1, -0.05) is 0 Å². The van der Waals surface area contributed by atoms with Gasteiger partial charge >= 0.3 is 0 Å². The molecule has 2 rings (SSSR count). The molecule has 1 aromatic heterocycles. The zero-order valence-electron chi connectivity index (χ0n) is 7.13. The van der Waals surface area contributed by atoms with E-state index < -0.39 is 5.60 Å². The van der Waals surface area contributed by atoms with Gasteiger partial charge in [0.15, 0.2) is 0 Å². The van der Waals surface area contributed by atoms with Gasteiger partial charge in [-0.2, -0.15) is 0 Å². The van der Waals surface area contributed by atoms with E-state index in [4.69, 9.17) is 0 Å². The summed E-state index contributed by atoms with van der Waals surface area (Å²) in [6, 6.07) is 2.03. The highest BCUT2D eigenvalue weighted by atomic mass is 32.1. The van der Waals surface area contributed by atoms with Crippen molar-refractivity contribution in [2.45, 2.75) is 18.9 Å². The first-order valence-corrected chi connectivity index (χ1v) is 5.08. The molecule has 0 bridgehead atoms. The maximum Gasteiger partial charge on any atom is 0.104 e. The Labute approximate surface area is 76.2 Å². The number of aryl methyl sites for hydroxylation is 1. The molecule has 2 heterocycles. The molecule has 1 aliphatic rings. The fourth-order valence-corrected chi connectivity index (χ4v) is 2.57. The van der Waals surface area contributed by atoms with Crippen LogP contribution in [-0.2, 0) is 5.60 Å². The van der Waals surface area contributed by atoms with Gasteiger partial charge in [0, 0.05) is 11.4 Å². The van der Waals surface area contributed by atoms with Crippen LogP contribution in [0.1, 0.15) is 16.9 Å². The second kappa shape index (κ2) is 2.83. The summed E-state index contributed by atoms with van der Waals surface area (Å²) in [6.45, 7) is 3.69. The largest absolute Gasteiger partial charge is 0.384 e. The molecule has 0 radical (unpaired) electrons. The summed E-state index contributed by atoms with van der Waals surface area (Å²) in [5.74, 6) is 0. The minimum atomic E-state index is -0.593. The Bertz CT molecular complexity index is 276. The molecule has 1 unspecified atom stereocenters. The average Bonchev–Trinajstić information content (AvgIpc) is 2.59. The molecule has 3 heteroatoms. The van der Waals surface area contributed by atoms with E-state index in [1.807, 2.05) is 11.4 Å². The first-order valence-electron chi connectivity index (χ1n) is 4.20. The van der Waals surface area contributed by atoms with Crippen LogP contribution in [0.5, 0.6) is 0 Å². The standard InChI is InChI=1S/C9H13NOS/c1-7-8(2-5-12-7)9(11)3-4-10-6-9/h2,5,10-11H,3-4,6H2,1H3. The molecule has 1 fully saturated rings. The zero-order valence-corrected chi connectivity index (χ0v) is 7.95. The third-order valence-corrected chi connectivity index (χ3v) is 3.34. The van der Waals surface area contributed by atoms with Gasteiger partial charge in [0.1, 0.15) is 5.60 Å². The molecule has 1 aliphatic heterocycles. The second-order valence-electron chi connectivity index (χ2n) is 3.35. The third-order valence-electron chi connectivity index (χ3n) is 2.49. The van der Waals surface area contributed by atoms with Gasteiger partial charge in [-0.25, -0.2) is 0 Å². The fraction of sp³-hybridized carbons (Fsp3) is 0.556. The lowest BCUT2D eigenvalue weighted by atomic mass is 9.94. The smallest absolute Gasteiger partial charge is 0.104 e. The van der Waals surface area contributed by atoms with Crippen molar-refractivity contribution in [3.05, 3.63) is 21.9 Å². The highest BCUT2D eigenvalue weighted by molar-refractivity contribution is 7.10. The van der Waals surface area contributed by atoms with Crippen LogP contribution in [0.25, 0.3) is 0 Å². The van der Waals surface area contributed by atoms with E-state index in [0.29, 0.717) is 6.54 Å². The minimum Gasteiger partial charge on any atom is -0.384 e. The number of β-amino-alcohol motifs (C(OH)–C–C–N with tert-alkyl or cyclic N) is 1. The SMILES string of the molecule is Cc1sccc1C1(O)CCNC1. The van der Waals surface area contributed by atoms with Crippen LogP contribution in [0, 0.1) is 6.92 Å². The van der Waals surface area contributed by atoms with Crippen LogP contribution in [0.2, 0.25) is 0 Å². The monoisotopic (exact) mass is 183 g/mol. The van der Waals surface area contributed by atoms with Crippen LogP contribution in [0.4, 0.5) is 0 Å². The Balaban J connectivity index is 2.34. The summed E-state index contributed by atoms with van der Waals surface area (Å²) in [7, 11) is 0. The highest BCUT2D eigenvalue weighted by Crippen LogP contribution is 2.32. The number of rotatable bonds is 1. The van der Waals surface area contributed by atoms with Gasteiger partial charge in [-0.15, -0.1) is 11.3 Å². The van der Waals surface area contributed by atoms with E-state index in [2.05, 4.69) is 12.2 Å². The normalized spacial score (nSPS) is 29.5.